The number of aromatic amines is 1. The summed E-state index contributed by atoms with van der Waals surface area (Å²) in [6.07, 6.45) is -1.39. The molecule has 0 aromatic carbocycles. The normalized spacial score (nSPS) is 31.8. The highest BCUT2D eigenvalue weighted by atomic mass is 16.6. The third-order valence-electron chi connectivity index (χ3n) is 3.14. The molecule has 0 amide bonds. The van der Waals surface area contributed by atoms with E-state index in [4.69, 9.17) is 14.6 Å². The lowest BCUT2D eigenvalue weighted by Gasteiger charge is -2.19. The number of hydrogen-bond acceptors (Lipinski definition) is 6. The molecule has 4 unspecified atom stereocenters. The van der Waals surface area contributed by atoms with Gasteiger partial charge in [-0.05, 0) is 6.92 Å². The third-order valence-corrected chi connectivity index (χ3v) is 3.14. The summed E-state index contributed by atoms with van der Waals surface area (Å²) in [5, 5.41) is 19.0. The lowest BCUT2D eigenvalue weighted by Crippen LogP contribution is -2.34. The van der Waals surface area contributed by atoms with Gasteiger partial charge in [0.05, 0.1) is 6.61 Å². The van der Waals surface area contributed by atoms with Gasteiger partial charge in [0.15, 0.2) is 0 Å². The summed E-state index contributed by atoms with van der Waals surface area (Å²) in [5.74, 6) is 0. The Labute approximate surface area is 103 Å². The molecule has 0 aliphatic carbocycles. The van der Waals surface area contributed by atoms with Crippen molar-refractivity contribution in [3.63, 3.8) is 0 Å². The van der Waals surface area contributed by atoms with Crippen LogP contribution in [0.2, 0.25) is 0 Å². The van der Waals surface area contributed by atoms with Gasteiger partial charge < -0.3 is 24.7 Å². The fourth-order valence-corrected chi connectivity index (χ4v) is 2.18. The number of aliphatic hydroxyl groups is 2. The van der Waals surface area contributed by atoms with E-state index in [9.17, 15) is 9.90 Å². The number of aromatic nitrogens is 2. The fraction of sp³-hybridized carbons (Fsp3) is 0.636. The minimum absolute atomic E-state index is 0.298. The second-order valence-corrected chi connectivity index (χ2v) is 4.24. The predicted octanol–water partition coefficient (Wildman–Crippen LogP) is -1.11. The Bertz CT molecular complexity index is 475. The van der Waals surface area contributed by atoms with Gasteiger partial charge in [-0.15, -0.1) is 0 Å². The molecule has 0 radical (unpaired) electrons. The number of aliphatic hydroxyl groups excluding tert-OH is 2. The minimum Gasteiger partial charge on any atom is -0.394 e. The largest absolute Gasteiger partial charge is 0.394 e. The molecule has 1 saturated heterocycles. The van der Waals surface area contributed by atoms with Gasteiger partial charge in [-0.25, -0.2) is 9.78 Å². The van der Waals surface area contributed by atoms with E-state index in [0.29, 0.717) is 11.3 Å². The molecule has 1 aliphatic heterocycles. The average Bonchev–Trinajstić information content (AvgIpc) is 2.65. The SMILES string of the molecule is COC1C(c2cnc(=O)[nH]c2C)OC(CO)C1O. The molecule has 4 atom stereocenters. The molecular weight excluding hydrogens is 240 g/mol. The topological polar surface area (TPSA) is 105 Å². The molecule has 2 rings (SSSR count). The molecule has 7 heteroatoms. The van der Waals surface area contributed by atoms with Crippen molar-refractivity contribution >= 4 is 0 Å². The highest BCUT2D eigenvalue weighted by Crippen LogP contribution is 2.35. The van der Waals surface area contributed by atoms with Crippen molar-refractivity contribution in [1.29, 1.82) is 0 Å². The molecule has 100 valence electrons. The van der Waals surface area contributed by atoms with E-state index in [1.165, 1.54) is 13.3 Å². The second kappa shape index (κ2) is 5.15. The van der Waals surface area contributed by atoms with Gasteiger partial charge >= 0.3 is 5.69 Å². The molecule has 18 heavy (non-hydrogen) atoms. The van der Waals surface area contributed by atoms with E-state index in [1.54, 1.807) is 6.92 Å². The van der Waals surface area contributed by atoms with E-state index in [1.807, 2.05) is 0 Å². The number of rotatable bonds is 3. The standard InChI is InChI=1S/C11H16N2O5/c1-5-6(3-12-11(16)13-5)9-10(17-2)8(15)7(4-14)18-9/h3,7-10,14-15H,4H2,1-2H3,(H,12,13,16). The Morgan fingerprint density at radius 3 is 2.89 bits per heavy atom. The highest BCUT2D eigenvalue weighted by Gasteiger charge is 2.45. The maximum Gasteiger partial charge on any atom is 0.345 e. The number of ether oxygens (including phenoxy) is 2. The van der Waals surface area contributed by atoms with Gasteiger partial charge in [0, 0.05) is 24.6 Å². The average molecular weight is 256 g/mol. The van der Waals surface area contributed by atoms with Crippen LogP contribution in [-0.2, 0) is 9.47 Å². The predicted molar refractivity (Wildman–Crippen MR) is 61.1 cm³/mol. The van der Waals surface area contributed by atoms with Crippen molar-refractivity contribution in [3.05, 3.63) is 27.9 Å². The molecule has 0 spiro atoms. The van der Waals surface area contributed by atoms with E-state index in [0.717, 1.165) is 0 Å². The molecule has 1 aromatic rings. The summed E-state index contributed by atoms with van der Waals surface area (Å²) >= 11 is 0. The van der Waals surface area contributed by atoms with Gasteiger partial charge in [0.2, 0.25) is 0 Å². The molecule has 0 saturated carbocycles. The number of hydrogen-bond donors (Lipinski definition) is 3. The molecule has 2 heterocycles. The molecule has 7 nitrogen and oxygen atoms in total. The summed E-state index contributed by atoms with van der Waals surface area (Å²) in [4.78, 5) is 17.3. The Balaban J connectivity index is 2.34. The molecule has 1 fully saturated rings. The number of nitrogens with zero attached hydrogens (tertiary/aromatic N) is 1. The molecule has 1 aliphatic rings. The van der Waals surface area contributed by atoms with Crippen molar-refractivity contribution in [3.8, 4) is 0 Å². The van der Waals surface area contributed by atoms with E-state index >= 15 is 0 Å². The Hall–Kier alpha value is -1.28. The minimum atomic E-state index is -0.920. The monoisotopic (exact) mass is 256 g/mol. The molecule has 1 aromatic heterocycles. The van der Waals surface area contributed by atoms with Crippen molar-refractivity contribution in [2.24, 2.45) is 0 Å². The number of H-pyrrole nitrogens is 1. The molecular formula is C11H16N2O5. The van der Waals surface area contributed by atoms with Crippen molar-refractivity contribution in [1.82, 2.24) is 9.97 Å². The van der Waals surface area contributed by atoms with Gasteiger partial charge in [0.1, 0.15) is 24.4 Å². The Morgan fingerprint density at radius 2 is 2.33 bits per heavy atom. The number of aryl methyl sites for hydroxylation is 1. The summed E-state index contributed by atoms with van der Waals surface area (Å²) in [7, 11) is 1.46. The van der Waals surface area contributed by atoms with E-state index in [2.05, 4.69) is 9.97 Å². The van der Waals surface area contributed by atoms with Gasteiger partial charge in [0.25, 0.3) is 0 Å². The zero-order chi connectivity index (χ0) is 13.3. The van der Waals surface area contributed by atoms with Crippen molar-refractivity contribution in [2.45, 2.75) is 31.3 Å². The van der Waals surface area contributed by atoms with Crippen LogP contribution in [0.3, 0.4) is 0 Å². The van der Waals surface area contributed by atoms with Crippen LogP contribution in [0, 0.1) is 6.92 Å². The summed E-state index contributed by atoms with van der Waals surface area (Å²) in [6.45, 7) is 1.42. The summed E-state index contributed by atoms with van der Waals surface area (Å²) < 4.78 is 10.7. The van der Waals surface area contributed by atoms with Gasteiger partial charge in [-0.1, -0.05) is 0 Å². The quantitative estimate of drug-likeness (QED) is 0.633. The first kappa shape index (κ1) is 13.2. The van der Waals surface area contributed by atoms with Crippen LogP contribution in [0.1, 0.15) is 17.4 Å². The Kier molecular flexibility index (Phi) is 3.76. The van der Waals surface area contributed by atoms with Crippen LogP contribution < -0.4 is 5.69 Å². The first-order chi connectivity index (χ1) is 8.58. The summed E-state index contributed by atoms with van der Waals surface area (Å²) in [5.41, 5.74) is 0.798. The first-order valence-electron chi connectivity index (χ1n) is 5.61. The second-order valence-electron chi connectivity index (χ2n) is 4.24. The van der Waals surface area contributed by atoms with Crippen LogP contribution in [0.25, 0.3) is 0 Å². The maximum atomic E-state index is 11.1. The number of methoxy groups -OCH3 is 1. The maximum absolute atomic E-state index is 11.1. The first-order valence-corrected chi connectivity index (χ1v) is 5.61. The smallest absolute Gasteiger partial charge is 0.345 e. The van der Waals surface area contributed by atoms with Crippen LogP contribution in [0.5, 0.6) is 0 Å². The van der Waals surface area contributed by atoms with Gasteiger partial charge in [-0.2, -0.15) is 0 Å². The van der Waals surface area contributed by atoms with E-state index < -0.39 is 30.1 Å². The van der Waals surface area contributed by atoms with Crippen LogP contribution in [-0.4, -0.2) is 52.2 Å². The van der Waals surface area contributed by atoms with Crippen LogP contribution in [0.4, 0.5) is 0 Å². The number of nitrogens with one attached hydrogen (secondary N) is 1. The van der Waals surface area contributed by atoms with E-state index in [-0.39, 0.29) is 6.61 Å². The van der Waals surface area contributed by atoms with Crippen molar-refractivity contribution < 1.29 is 19.7 Å². The lowest BCUT2D eigenvalue weighted by molar-refractivity contribution is -0.0238. The molecule has 3 N–H and O–H groups in total. The summed E-state index contributed by atoms with van der Waals surface area (Å²) in [6, 6.07) is 0. The lowest BCUT2D eigenvalue weighted by atomic mass is 10.0. The zero-order valence-electron chi connectivity index (χ0n) is 10.2. The van der Waals surface area contributed by atoms with Crippen molar-refractivity contribution in [2.75, 3.05) is 13.7 Å². The van der Waals surface area contributed by atoms with Crippen LogP contribution in [0.15, 0.2) is 11.0 Å². The third kappa shape index (κ3) is 2.17. The van der Waals surface area contributed by atoms with Crippen LogP contribution >= 0.6 is 0 Å². The fourth-order valence-electron chi connectivity index (χ4n) is 2.18. The zero-order valence-corrected chi connectivity index (χ0v) is 10.2. The molecule has 0 bridgehead atoms. The highest BCUT2D eigenvalue weighted by molar-refractivity contribution is 5.21. The Morgan fingerprint density at radius 1 is 1.61 bits per heavy atom. The van der Waals surface area contributed by atoms with Gasteiger partial charge in [-0.3, -0.25) is 0 Å².